The van der Waals surface area contributed by atoms with E-state index in [0.29, 0.717) is 29.7 Å². The smallest absolute Gasteiger partial charge is 0.250 e. The lowest BCUT2D eigenvalue weighted by Gasteiger charge is -2.09. The van der Waals surface area contributed by atoms with Gasteiger partial charge in [-0.25, -0.2) is 10.4 Å². The van der Waals surface area contributed by atoms with Crippen LogP contribution in [0.1, 0.15) is 18.1 Å². The van der Waals surface area contributed by atoms with Gasteiger partial charge in [-0.05, 0) is 60.5 Å². The number of aromatic nitrogens is 2. The number of ether oxygens (including phenoxy) is 2. The number of nitrogens with one attached hydrogen (secondary N) is 1. The predicted molar refractivity (Wildman–Crippen MR) is 141 cm³/mol. The minimum absolute atomic E-state index is 0.174. The number of para-hydroxylation sites is 2. The van der Waals surface area contributed by atoms with E-state index in [4.69, 9.17) is 26.1 Å². The molecular weight excluding hydrogens is 484 g/mol. The molecule has 0 atom stereocenters. The van der Waals surface area contributed by atoms with E-state index < -0.39 is 0 Å². The third-order valence-electron chi connectivity index (χ3n) is 5.10. The Hall–Kier alpha value is -3.49. The summed E-state index contributed by atoms with van der Waals surface area (Å²) < 4.78 is 13.0. The fourth-order valence-electron chi connectivity index (χ4n) is 3.47. The van der Waals surface area contributed by atoms with Gasteiger partial charge in [-0.1, -0.05) is 47.6 Å². The molecule has 4 aromatic rings. The van der Waals surface area contributed by atoms with Crippen molar-refractivity contribution in [2.45, 2.75) is 18.6 Å². The highest BCUT2D eigenvalue weighted by Gasteiger charge is 2.13. The van der Waals surface area contributed by atoms with Gasteiger partial charge < -0.3 is 14.0 Å². The van der Waals surface area contributed by atoms with Gasteiger partial charge in [0.05, 0.1) is 43.3 Å². The SMILES string of the molecule is CCOc1ccc(C=NNC(=O)CSc2nc3ccccc3n2Cc2ccc(Cl)cc2)cc1OC. The van der Waals surface area contributed by atoms with Crippen molar-refractivity contribution in [1.82, 2.24) is 15.0 Å². The lowest BCUT2D eigenvalue weighted by Crippen LogP contribution is -2.20. The number of nitrogens with zero attached hydrogens (tertiary/aromatic N) is 3. The van der Waals surface area contributed by atoms with Gasteiger partial charge in [-0.2, -0.15) is 5.10 Å². The minimum Gasteiger partial charge on any atom is -0.493 e. The van der Waals surface area contributed by atoms with Crippen LogP contribution < -0.4 is 14.9 Å². The highest BCUT2D eigenvalue weighted by atomic mass is 35.5. The number of carbonyl (C=O) groups is 1. The van der Waals surface area contributed by atoms with E-state index in [1.165, 1.54) is 11.8 Å². The maximum absolute atomic E-state index is 12.4. The van der Waals surface area contributed by atoms with E-state index in [0.717, 1.165) is 27.3 Å². The van der Waals surface area contributed by atoms with Gasteiger partial charge in [0.25, 0.3) is 5.91 Å². The van der Waals surface area contributed by atoms with Crippen LogP contribution in [0.25, 0.3) is 11.0 Å². The summed E-state index contributed by atoms with van der Waals surface area (Å²) in [6, 6.07) is 21.1. The van der Waals surface area contributed by atoms with Crippen molar-refractivity contribution in [1.29, 1.82) is 0 Å². The molecule has 1 amide bonds. The third-order valence-corrected chi connectivity index (χ3v) is 6.32. The summed E-state index contributed by atoms with van der Waals surface area (Å²) >= 11 is 7.40. The molecule has 0 unspecified atom stereocenters. The van der Waals surface area contributed by atoms with E-state index in [9.17, 15) is 4.79 Å². The van der Waals surface area contributed by atoms with Gasteiger partial charge in [-0.15, -0.1) is 0 Å². The number of halogens is 1. The number of thioether (sulfide) groups is 1. The molecule has 4 rings (SSSR count). The molecule has 0 radical (unpaired) electrons. The van der Waals surface area contributed by atoms with Crippen molar-refractivity contribution >= 4 is 46.5 Å². The summed E-state index contributed by atoms with van der Waals surface area (Å²) in [5.74, 6) is 1.22. The fraction of sp³-hybridized carbons (Fsp3) is 0.192. The molecule has 3 aromatic carbocycles. The fourth-order valence-corrected chi connectivity index (χ4v) is 4.40. The van der Waals surface area contributed by atoms with Crippen LogP contribution in [-0.4, -0.2) is 41.1 Å². The molecule has 0 aliphatic carbocycles. The van der Waals surface area contributed by atoms with Crippen molar-refractivity contribution in [3.8, 4) is 11.5 Å². The Morgan fingerprint density at radius 3 is 2.71 bits per heavy atom. The Kier molecular flexibility index (Phi) is 8.28. The molecule has 0 fully saturated rings. The van der Waals surface area contributed by atoms with E-state index in [2.05, 4.69) is 15.1 Å². The number of rotatable bonds is 10. The monoisotopic (exact) mass is 508 g/mol. The number of methoxy groups -OCH3 is 1. The lowest BCUT2D eigenvalue weighted by molar-refractivity contribution is -0.118. The van der Waals surface area contributed by atoms with Crippen molar-refractivity contribution < 1.29 is 14.3 Å². The van der Waals surface area contributed by atoms with Gasteiger partial charge in [0.15, 0.2) is 16.7 Å². The normalized spacial score (nSPS) is 11.2. The first-order valence-corrected chi connectivity index (χ1v) is 12.4. The zero-order valence-electron chi connectivity index (χ0n) is 19.4. The Balaban J connectivity index is 1.41. The number of hydrogen-bond donors (Lipinski definition) is 1. The zero-order chi connectivity index (χ0) is 24.6. The molecule has 180 valence electrons. The first-order valence-electron chi connectivity index (χ1n) is 11.0. The van der Waals surface area contributed by atoms with Crippen molar-refractivity contribution in [2.24, 2.45) is 5.10 Å². The molecule has 1 heterocycles. The Morgan fingerprint density at radius 1 is 1.14 bits per heavy atom. The molecule has 35 heavy (non-hydrogen) atoms. The molecule has 9 heteroatoms. The molecule has 0 spiro atoms. The van der Waals surface area contributed by atoms with E-state index in [1.54, 1.807) is 19.4 Å². The van der Waals surface area contributed by atoms with Crippen LogP contribution >= 0.6 is 23.4 Å². The highest BCUT2D eigenvalue weighted by molar-refractivity contribution is 7.99. The summed E-state index contributed by atoms with van der Waals surface area (Å²) in [7, 11) is 1.58. The summed E-state index contributed by atoms with van der Waals surface area (Å²) in [4.78, 5) is 17.2. The van der Waals surface area contributed by atoms with Gasteiger partial charge in [0.2, 0.25) is 0 Å². The van der Waals surface area contributed by atoms with Crippen molar-refractivity contribution in [3.63, 3.8) is 0 Å². The predicted octanol–water partition coefficient (Wildman–Crippen LogP) is 5.39. The van der Waals surface area contributed by atoms with Crippen LogP contribution in [0.4, 0.5) is 0 Å². The van der Waals surface area contributed by atoms with E-state index in [1.807, 2.05) is 67.6 Å². The average Bonchev–Trinajstić information content (AvgIpc) is 3.22. The number of imidazole rings is 1. The van der Waals surface area contributed by atoms with Crippen LogP contribution in [-0.2, 0) is 11.3 Å². The number of benzene rings is 3. The quantitative estimate of drug-likeness (QED) is 0.176. The zero-order valence-corrected chi connectivity index (χ0v) is 21.0. The second kappa shape index (κ2) is 11.8. The molecular formula is C26H25ClN4O3S. The maximum atomic E-state index is 12.4. The Morgan fingerprint density at radius 2 is 1.94 bits per heavy atom. The van der Waals surface area contributed by atoms with E-state index in [-0.39, 0.29) is 11.7 Å². The molecule has 0 saturated carbocycles. The molecule has 1 aromatic heterocycles. The van der Waals surface area contributed by atoms with Crippen LogP contribution in [0.15, 0.2) is 77.0 Å². The van der Waals surface area contributed by atoms with Gasteiger partial charge in [-0.3, -0.25) is 4.79 Å². The van der Waals surface area contributed by atoms with Gasteiger partial charge >= 0.3 is 0 Å². The number of hydrazone groups is 1. The van der Waals surface area contributed by atoms with Crippen LogP contribution in [0, 0.1) is 0 Å². The first kappa shape index (κ1) is 24.6. The summed E-state index contributed by atoms with van der Waals surface area (Å²) in [6.07, 6.45) is 1.57. The number of amides is 1. The maximum Gasteiger partial charge on any atom is 0.250 e. The molecule has 0 bridgehead atoms. The van der Waals surface area contributed by atoms with E-state index >= 15 is 0 Å². The highest BCUT2D eigenvalue weighted by Crippen LogP contribution is 2.28. The van der Waals surface area contributed by atoms with Crippen molar-refractivity contribution in [2.75, 3.05) is 19.5 Å². The second-order valence-corrected chi connectivity index (χ2v) is 8.90. The summed E-state index contributed by atoms with van der Waals surface area (Å²) in [5.41, 5.74) is 6.34. The third kappa shape index (κ3) is 6.35. The molecule has 1 N–H and O–H groups in total. The standard InChI is InChI=1S/C26H25ClN4O3S/c1-3-34-23-13-10-19(14-24(23)33-2)15-28-30-25(32)17-35-26-29-21-6-4-5-7-22(21)31(26)16-18-8-11-20(27)12-9-18/h4-15H,3,16-17H2,1-2H3,(H,30,32). The van der Waals surface area contributed by atoms with Gasteiger partial charge in [0.1, 0.15) is 0 Å². The van der Waals surface area contributed by atoms with Crippen molar-refractivity contribution in [3.05, 3.63) is 82.9 Å². The van der Waals surface area contributed by atoms with Crippen LogP contribution in [0.5, 0.6) is 11.5 Å². The largest absolute Gasteiger partial charge is 0.493 e. The lowest BCUT2D eigenvalue weighted by atomic mass is 10.2. The first-order chi connectivity index (χ1) is 17.1. The molecule has 0 aliphatic rings. The summed E-state index contributed by atoms with van der Waals surface area (Å²) in [5, 5.41) is 5.53. The number of fused-ring (bicyclic) bond motifs is 1. The Bertz CT molecular complexity index is 1340. The topological polar surface area (TPSA) is 77.7 Å². The number of carbonyl (C=O) groups excluding carboxylic acids is 1. The molecule has 0 aliphatic heterocycles. The second-order valence-electron chi connectivity index (χ2n) is 7.52. The van der Waals surface area contributed by atoms with Crippen LogP contribution in [0.2, 0.25) is 5.02 Å². The Labute approximate surface area is 213 Å². The molecule has 0 saturated heterocycles. The molecule has 7 nitrogen and oxygen atoms in total. The average molecular weight is 509 g/mol. The number of hydrogen-bond acceptors (Lipinski definition) is 6. The summed E-state index contributed by atoms with van der Waals surface area (Å²) in [6.45, 7) is 3.08. The van der Waals surface area contributed by atoms with Crippen LogP contribution in [0.3, 0.4) is 0 Å². The minimum atomic E-state index is -0.228. The van der Waals surface area contributed by atoms with Gasteiger partial charge in [0, 0.05) is 5.02 Å².